The van der Waals surface area contributed by atoms with Crippen LogP contribution in [0.5, 0.6) is 0 Å². The summed E-state index contributed by atoms with van der Waals surface area (Å²) in [6, 6.07) is -0.647. The Balaban J connectivity index is 2.41. The van der Waals surface area contributed by atoms with Crippen LogP contribution in [0.2, 0.25) is 0 Å². The van der Waals surface area contributed by atoms with Gasteiger partial charge >= 0.3 is 0 Å². The highest BCUT2D eigenvalue weighted by atomic mass is 16.3. The van der Waals surface area contributed by atoms with Crippen molar-refractivity contribution >= 4 is 7.28 Å². The molecule has 1 aliphatic heterocycles. The highest BCUT2D eigenvalue weighted by Gasteiger charge is 2.26. The van der Waals surface area contributed by atoms with Gasteiger partial charge in [-0.15, -0.1) is 0 Å². The topological polar surface area (TPSA) is 52.5 Å². The molecule has 3 N–H and O–H groups in total. The fourth-order valence-corrected chi connectivity index (χ4v) is 0.931. The highest BCUT2D eigenvalue weighted by Crippen LogP contribution is 2.02. The van der Waals surface area contributed by atoms with Gasteiger partial charge in [-0.3, -0.25) is 0 Å². The van der Waals surface area contributed by atoms with Crippen LogP contribution >= 0.6 is 0 Å². The van der Waals surface area contributed by atoms with E-state index in [-0.39, 0.29) is 6.04 Å². The van der Waals surface area contributed by atoms with Crippen LogP contribution in [-0.2, 0) is 0 Å². The van der Waals surface area contributed by atoms with Crippen LogP contribution in [0.3, 0.4) is 0 Å². The Hall–Kier alpha value is -0.0551. The van der Waals surface area contributed by atoms with E-state index in [4.69, 9.17) is 10.2 Å². The van der Waals surface area contributed by atoms with Crippen LogP contribution in [0.1, 0.15) is 6.92 Å². The molecule has 0 amide bonds. The van der Waals surface area contributed by atoms with Crippen LogP contribution in [0.4, 0.5) is 0 Å². The zero-order valence-corrected chi connectivity index (χ0v) is 5.41. The lowest BCUT2D eigenvalue weighted by molar-refractivity contribution is 0.0358. The van der Waals surface area contributed by atoms with Gasteiger partial charge in [-0.25, -0.2) is 0 Å². The summed E-state index contributed by atoms with van der Waals surface area (Å²) in [6.07, 6.45) is 0.0399. The summed E-state index contributed by atoms with van der Waals surface area (Å²) >= 11 is 0. The first kappa shape index (κ1) is 7.06. The molecule has 0 aliphatic carbocycles. The molecular weight excluding hydrogens is 117 g/mol. The minimum absolute atomic E-state index is 0.00463. The average Bonchev–Trinajstić information content (AvgIpc) is 1.83. The quantitative estimate of drug-likeness (QED) is 0.341. The van der Waals surface area contributed by atoms with E-state index < -0.39 is 12.1 Å². The lowest BCUT2D eigenvalue weighted by atomic mass is 9.65. The maximum atomic E-state index is 9.10. The molecule has 0 aromatic carbocycles. The van der Waals surface area contributed by atoms with E-state index in [1.807, 2.05) is 6.92 Å². The van der Waals surface area contributed by atoms with E-state index in [0.29, 0.717) is 6.44 Å². The van der Waals surface area contributed by atoms with Gasteiger partial charge in [0.15, 0.2) is 7.28 Å². The molecule has 0 saturated carbocycles. The summed E-state index contributed by atoms with van der Waals surface area (Å²) in [5.41, 5.74) is 0. The van der Waals surface area contributed by atoms with E-state index in [2.05, 4.69) is 5.32 Å². The Morgan fingerprint density at radius 1 is 1.56 bits per heavy atom. The minimum Gasteiger partial charge on any atom is -0.399 e. The molecule has 3 atom stereocenters. The molecule has 4 heteroatoms. The van der Waals surface area contributed by atoms with Crippen LogP contribution in [0, 0.1) is 0 Å². The number of rotatable bonds is 0. The average molecular weight is 128 g/mol. The van der Waals surface area contributed by atoms with E-state index in [1.165, 1.54) is 0 Å². The van der Waals surface area contributed by atoms with Crippen LogP contribution in [0.15, 0.2) is 0 Å². The van der Waals surface area contributed by atoms with Crippen molar-refractivity contribution < 1.29 is 10.2 Å². The molecule has 9 heavy (non-hydrogen) atoms. The second-order valence-corrected chi connectivity index (χ2v) is 2.41. The van der Waals surface area contributed by atoms with Gasteiger partial charge < -0.3 is 15.5 Å². The molecule has 1 heterocycles. The maximum absolute atomic E-state index is 9.10. The van der Waals surface area contributed by atoms with Crippen molar-refractivity contribution in [2.45, 2.75) is 25.1 Å². The molecule has 0 aromatic rings. The summed E-state index contributed by atoms with van der Waals surface area (Å²) < 4.78 is 0. The first-order valence-corrected chi connectivity index (χ1v) is 3.14. The molecular formula is C5H11BNO2. The third-order valence-corrected chi connectivity index (χ3v) is 1.66. The Bertz CT molecular complexity index is 91.0. The molecule has 1 saturated heterocycles. The van der Waals surface area contributed by atoms with Gasteiger partial charge in [0, 0.05) is 6.04 Å². The lowest BCUT2D eigenvalue weighted by Gasteiger charge is -2.29. The zero-order valence-electron chi connectivity index (χ0n) is 5.41. The molecule has 1 rings (SSSR count). The molecule has 0 bridgehead atoms. The molecule has 1 radical (unpaired) electrons. The van der Waals surface area contributed by atoms with Gasteiger partial charge in [-0.1, -0.05) is 0 Å². The minimum atomic E-state index is -0.652. The summed E-state index contributed by atoms with van der Waals surface area (Å²) in [6.45, 7) is 1.85. The van der Waals surface area contributed by atoms with Crippen molar-refractivity contribution in [1.82, 2.24) is 5.32 Å². The number of hydrogen-bond acceptors (Lipinski definition) is 3. The van der Waals surface area contributed by atoms with Crippen molar-refractivity contribution in [3.05, 3.63) is 0 Å². The third-order valence-electron chi connectivity index (χ3n) is 1.66. The van der Waals surface area contributed by atoms with Crippen LogP contribution in [0.25, 0.3) is 0 Å². The van der Waals surface area contributed by atoms with Crippen molar-refractivity contribution in [3.8, 4) is 0 Å². The standard InChI is InChI=1S/C5H11BNO2/c1-3-4(8)5(9)6-2-7-3/h3-5,7-9H,2H2,1H3/t3?,4?,5-/m0/s1. The van der Waals surface area contributed by atoms with E-state index in [1.54, 1.807) is 7.28 Å². The van der Waals surface area contributed by atoms with E-state index in [0.717, 1.165) is 0 Å². The predicted molar refractivity (Wildman–Crippen MR) is 35.2 cm³/mol. The highest BCUT2D eigenvalue weighted by molar-refractivity contribution is 6.37. The van der Waals surface area contributed by atoms with Crippen LogP contribution < -0.4 is 5.32 Å². The molecule has 3 nitrogen and oxygen atoms in total. The van der Waals surface area contributed by atoms with Crippen molar-refractivity contribution in [3.63, 3.8) is 0 Å². The van der Waals surface area contributed by atoms with Crippen molar-refractivity contribution in [2.24, 2.45) is 0 Å². The Kier molecular flexibility index (Phi) is 2.11. The molecule has 51 valence electrons. The largest absolute Gasteiger partial charge is 0.399 e. The third kappa shape index (κ3) is 1.44. The fraction of sp³-hybridized carbons (Fsp3) is 1.00. The summed E-state index contributed by atoms with van der Waals surface area (Å²) in [5, 5.41) is 21.1. The molecule has 2 unspecified atom stereocenters. The van der Waals surface area contributed by atoms with E-state index >= 15 is 0 Å². The fourth-order valence-electron chi connectivity index (χ4n) is 0.931. The van der Waals surface area contributed by atoms with Gasteiger partial charge in [0.25, 0.3) is 0 Å². The zero-order chi connectivity index (χ0) is 6.85. The maximum Gasteiger partial charge on any atom is 0.170 e. The second-order valence-electron chi connectivity index (χ2n) is 2.41. The predicted octanol–water partition coefficient (Wildman–Crippen LogP) is -1.68. The summed E-state index contributed by atoms with van der Waals surface area (Å²) in [7, 11) is 1.66. The smallest absolute Gasteiger partial charge is 0.170 e. The number of nitrogens with one attached hydrogen (secondary N) is 1. The Labute approximate surface area is 55.3 Å². The molecule has 0 spiro atoms. The van der Waals surface area contributed by atoms with Crippen molar-refractivity contribution in [1.29, 1.82) is 0 Å². The number of hydrogen-bond donors (Lipinski definition) is 3. The number of aliphatic hydroxyl groups excluding tert-OH is 2. The molecule has 1 aliphatic rings. The van der Waals surface area contributed by atoms with Crippen molar-refractivity contribution in [2.75, 3.05) is 6.44 Å². The van der Waals surface area contributed by atoms with Gasteiger partial charge in [0.2, 0.25) is 0 Å². The van der Waals surface area contributed by atoms with E-state index in [9.17, 15) is 0 Å². The van der Waals surface area contributed by atoms with Gasteiger partial charge in [-0.05, 0) is 13.4 Å². The van der Waals surface area contributed by atoms with Gasteiger partial charge in [0.05, 0.1) is 12.1 Å². The number of aliphatic hydroxyl groups is 2. The molecule has 1 fully saturated rings. The monoisotopic (exact) mass is 128 g/mol. The van der Waals surface area contributed by atoms with Crippen LogP contribution in [-0.4, -0.2) is 42.1 Å². The van der Waals surface area contributed by atoms with Gasteiger partial charge in [0.1, 0.15) is 0 Å². The van der Waals surface area contributed by atoms with Gasteiger partial charge in [-0.2, -0.15) is 0 Å². The summed E-state index contributed by atoms with van der Waals surface area (Å²) in [5.74, 6) is 0. The first-order chi connectivity index (χ1) is 4.22. The second kappa shape index (κ2) is 2.69. The molecule has 0 aromatic heterocycles. The lowest BCUT2D eigenvalue weighted by Crippen LogP contribution is -2.55. The SMILES string of the molecule is CC1NC[B][C@@H](O)C1O. The Morgan fingerprint density at radius 3 is 2.67 bits per heavy atom. The summed E-state index contributed by atoms with van der Waals surface area (Å²) in [4.78, 5) is 0. The normalized spacial score (nSPS) is 44.1. The first-order valence-electron chi connectivity index (χ1n) is 3.14. The Morgan fingerprint density at radius 2 is 2.22 bits per heavy atom.